The van der Waals surface area contributed by atoms with Crippen molar-refractivity contribution in [2.75, 3.05) is 72.6 Å². The molecule has 6 aliphatic rings. The summed E-state index contributed by atoms with van der Waals surface area (Å²) in [5, 5.41) is 78.0. The van der Waals surface area contributed by atoms with E-state index in [4.69, 9.17) is 87.2 Å². The van der Waals surface area contributed by atoms with Gasteiger partial charge >= 0.3 is 35.8 Å². The fourth-order valence-electron chi connectivity index (χ4n) is 11.9. The van der Waals surface area contributed by atoms with Gasteiger partial charge in [-0.3, -0.25) is 28.8 Å². The number of aliphatic hydroxyl groups excluding tert-OH is 8. The molecule has 0 bridgehead atoms. The first kappa shape index (κ1) is 105. The molecule has 32 nitrogen and oxygen atoms in total. The van der Waals surface area contributed by atoms with E-state index in [2.05, 4.69) is 41.1 Å². The van der Waals surface area contributed by atoms with Crippen molar-refractivity contribution >= 4 is 35.8 Å². The quantitative estimate of drug-likeness (QED) is 0.00440. The minimum Gasteiger partial charge on any atom is -0.463 e. The van der Waals surface area contributed by atoms with Crippen LogP contribution >= 0.6 is 0 Å². The van der Waals surface area contributed by atoms with E-state index in [1.165, 1.54) is 54.4 Å². The molecule has 6 rings (SSSR count). The van der Waals surface area contributed by atoms with Gasteiger partial charge in [0.2, 0.25) is 0 Å². The number of nitrogens with zero attached hydrogens (tertiary/aromatic N) is 3. The Kier molecular flexibility index (Phi) is 58.1. The number of esters is 6. The van der Waals surface area contributed by atoms with E-state index >= 15 is 0 Å². The van der Waals surface area contributed by atoms with Gasteiger partial charge in [0.15, 0.2) is 31.5 Å². The fraction of sp³-hybridized carbons (Fsp3) is 0.821. The van der Waals surface area contributed by atoms with Crippen LogP contribution in [0.25, 0.3) is 10.4 Å². The Morgan fingerprint density at radius 2 is 0.727 bits per heavy atom. The number of carbonyl (C=O) groups is 6. The van der Waals surface area contributed by atoms with Gasteiger partial charge in [0.1, 0.15) is 67.6 Å². The molecular weight excluding hydrogens is 1440 g/mol. The van der Waals surface area contributed by atoms with Crippen LogP contribution in [0.3, 0.4) is 0 Å². The van der Waals surface area contributed by atoms with Gasteiger partial charge in [-0.1, -0.05) is 84.8 Å². The van der Waals surface area contributed by atoms with Gasteiger partial charge in [-0.05, 0) is 95.4 Å². The van der Waals surface area contributed by atoms with Gasteiger partial charge in [0.25, 0.3) is 0 Å². The summed E-state index contributed by atoms with van der Waals surface area (Å²) in [5.74, 6) is -3.11. The highest BCUT2D eigenvalue weighted by atomic mass is 16.7. The summed E-state index contributed by atoms with van der Waals surface area (Å²) in [6.07, 6.45) is 10.1. The van der Waals surface area contributed by atoms with Gasteiger partial charge in [-0.15, -0.1) is 26.3 Å². The second-order valence-corrected chi connectivity index (χ2v) is 28.1. The SMILES string of the molecule is C1CCOC1.C=CCCCCO[C@H]1OC(CN=[N+]=[N-])[C@H](OC(C)=O)[C@H](C)C1C.C=CCCCCO[C@H]1OC(CO)[C@H](O)[C@H](O)C1C.C=CCCCCO[C@H]1OC(CO)[C@H](OC(C)=O)[C@H](C)C1C.C=CCCCCO[C@H]1OC(COC(C)=O)[C@H](OC(C)=O)[C@H](C)C1C.CC(=O)OC(C)=O.CC1C(O)OC(CO)[C@H](O)[C@@H]1O. The minimum absolute atomic E-state index is 0.0291. The number of carbonyl (C=O) groups excluding carboxylic acids is 6. The molecule has 0 aromatic heterocycles. The van der Waals surface area contributed by atoms with Gasteiger partial charge < -0.3 is 112 Å². The van der Waals surface area contributed by atoms with Gasteiger partial charge in [0, 0.05) is 133 Å². The van der Waals surface area contributed by atoms with Crippen LogP contribution in [0.5, 0.6) is 0 Å². The van der Waals surface area contributed by atoms with Crippen molar-refractivity contribution in [1.82, 2.24) is 0 Å². The van der Waals surface area contributed by atoms with E-state index in [0.717, 1.165) is 90.3 Å². The molecule has 6 fully saturated rings. The average Bonchev–Trinajstić information content (AvgIpc) is 0.843. The van der Waals surface area contributed by atoms with Crippen molar-refractivity contribution in [3.8, 4) is 0 Å². The third kappa shape index (κ3) is 42.1. The molecule has 0 aliphatic carbocycles. The Balaban J connectivity index is 0.00000131. The summed E-state index contributed by atoms with van der Waals surface area (Å²) in [5.41, 5.74) is 8.53. The molecule has 0 radical (unpaired) electrons. The molecule has 0 spiro atoms. The maximum Gasteiger partial charge on any atom is 0.310 e. The number of hydrogen-bond donors (Lipinski definition) is 8. The summed E-state index contributed by atoms with van der Waals surface area (Å²) < 4.78 is 81.0. The molecule has 0 saturated carbocycles. The van der Waals surface area contributed by atoms with Crippen molar-refractivity contribution in [1.29, 1.82) is 0 Å². The second kappa shape index (κ2) is 61.1. The van der Waals surface area contributed by atoms with E-state index in [0.29, 0.717) is 26.4 Å². The third-order valence-corrected chi connectivity index (χ3v) is 19.1. The molecule has 25 atom stereocenters. The van der Waals surface area contributed by atoms with Gasteiger partial charge in [-0.25, -0.2) is 0 Å². The zero-order valence-electron chi connectivity index (χ0n) is 67.7. The van der Waals surface area contributed by atoms with Crippen LogP contribution in [0.2, 0.25) is 0 Å². The van der Waals surface area contributed by atoms with Crippen molar-refractivity contribution in [3.63, 3.8) is 0 Å². The molecule has 0 amide bonds. The molecule has 638 valence electrons. The third-order valence-electron chi connectivity index (χ3n) is 19.1. The van der Waals surface area contributed by atoms with E-state index < -0.39 is 123 Å². The van der Waals surface area contributed by atoms with Crippen LogP contribution in [0.4, 0.5) is 0 Å². The van der Waals surface area contributed by atoms with Gasteiger partial charge in [-0.2, -0.15) is 0 Å². The number of allylic oxidation sites excluding steroid dienone is 4. The van der Waals surface area contributed by atoms with E-state index in [-0.39, 0.29) is 98.3 Å². The lowest BCUT2D eigenvalue weighted by Crippen LogP contribution is -2.55. The monoisotopic (exact) mass is 1580 g/mol. The lowest BCUT2D eigenvalue weighted by atomic mass is 9.84. The molecule has 6 saturated heterocycles. The van der Waals surface area contributed by atoms with Crippen LogP contribution in [0.15, 0.2) is 55.7 Å². The standard InChI is InChI=1S/C18H30O6.C16H27N3O4.C16H28O5.C13H24O5.C7H14O5.C4H6O3.C4H8O/c1-6-7-8-9-10-21-18-13(3)12(2)17(23-15(5)20)16(24-18)11-22-14(4)19;1-5-6-7-8-9-21-16-12(3)11(2)15(22-13(4)20)14(23-16)10-18-19-17;1-5-6-7-8-9-19-16-12(3)11(2)15(20-13(4)18)14(10-17)21-16;1-3-4-5-6-7-17-13-9(2)11(15)12(16)10(8-14)18-13;1-3-5(9)6(10)4(2-8)12-7(3)11;1-3(5)7-4(2)6;1-2-4-5-3-1/h6,12-13,16-18H,1,7-11H2,2-5H3;5,11-12,14-16H,1,6-10H2,2-4H3;5,11-12,14-17H,1,6-10H2,2-4H3;3,9-16H,1,4-8H2,2H3;3-11H,2H2,1H3;1-2H3;1-4H2/t12-,13?,16?,17-,18+;2*11-,12?,14?,15-,16+;9?,10?,11-,12+,13+;3?,4?,5-,6+,7?;;/m11111../s1. The predicted molar refractivity (Wildman–Crippen MR) is 404 cm³/mol. The van der Waals surface area contributed by atoms with Crippen LogP contribution in [-0.4, -0.2) is 254 Å². The second-order valence-electron chi connectivity index (χ2n) is 28.1. The topological polar surface area (TPSA) is 451 Å². The Morgan fingerprint density at radius 1 is 0.409 bits per heavy atom. The van der Waals surface area contributed by atoms with Crippen LogP contribution in [0, 0.1) is 47.3 Å². The highest BCUT2D eigenvalue weighted by molar-refractivity contribution is 5.82. The zero-order valence-corrected chi connectivity index (χ0v) is 67.7. The lowest BCUT2D eigenvalue weighted by Gasteiger charge is -2.43. The largest absolute Gasteiger partial charge is 0.463 e. The molecular formula is C78H137N3O29. The highest BCUT2D eigenvalue weighted by Crippen LogP contribution is 2.37. The maximum absolute atomic E-state index is 11.4. The number of azide groups is 1. The van der Waals surface area contributed by atoms with Crippen LogP contribution in [0.1, 0.15) is 187 Å². The average molecular weight is 1580 g/mol. The molecule has 6 heterocycles. The fourth-order valence-corrected chi connectivity index (χ4v) is 11.9. The summed E-state index contributed by atoms with van der Waals surface area (Å²) in [7, 11) is 0. The Hall–Kier alpha value is -5.43. The first-order valence-corrected chi connectivity index (χ1v) is 38.5. The number of unbranched alkanes of at least 4 members (excludes halogenated alkanes) is 8. The normalized spacial score (nSPS) is 32.0. The molecule has 32 heteroatoms. The number of ether oxygens (including phenoxy) is 15. The molecule has 8 N–H and O–H groups in total. The number of hydrogen-bond acceptors (Lipinski definition) is 30. The lowest BCUT2D eigenvalue weighted by molar-refractivity contribution is -0.282. The predicted octanol–water partition coefficient (Wildman–Crippen LogP) is 8.11. The number of rotatable bonds is 34. The summed E-state index contributed by atoms with van der Waals surface area (Å²) in [6, 6.07) is 0. The smallest absolute Gasteiger partial charge is 0.310 e. The molecule has 11 unspecified atom stereocenters. The Morgan fingerprint density at radius 3 is 1.04 bits per heavy atom. The summed E-state index contributed by atoms with van der Waals surface area (Å²) in [6.45, 7) is 41.4. The van der Waals surface area contributed by atoms with Gasteiger partial charge in [0.05, 0.1) is 38.6 Å². The highest BCUT2D eigenvalue weighted by Gasteiger charge is 2.48. The van der Waals surface area contributed by atoms with E-state index in [1.807, 2.05) is 65.8 Å². The summed E-state index contributed by atoms with van der Waals surface area (Å²) >= 11 is 0. The molecule has 6 aliphatic heterocycles. The number of aliphatic hydroxyl groups is 8. The summed E-state index contributed by atoms with van der Waals surface area (Å²) in [4.78, 5) is 67.3. The van der Waals surface area contributed by atoms with Crippen LogP contribution < -0.4 is 0 Å². The van der Waals surface area contributed by atoms with Crippen molar-refractivity contribution < 1.29 is 141 Å². The van der Waals surface area contributed by atoms with E-state index in [9.17, 15) is 54.3 Å². The molecule has 110 heavy (non-hydrogen) atoms. The molecule has 0 aromatic carbocycles. The Bertz CT molecular complexity index is 2570. The van der Waals surface area contributed by atoms with Crippen molar-refractivity contribution in [2.24, 2.45) is 52.5 Å². The first-order valence-electron chi connectivity index (χ1n) is 38.5. The van der Waals surface area contributed by atoms with Crippen LogP contribution in [-0.2, 0) is 99.8 Å². The zero-order chi connectivity index (χ0) is 83.4. The maximum atomic E-state index is 11.4. The molecule has 0 aromatic rings. The van der Waals surface area contributed by atoms with E-state index in [1.54, 1.807) is 13.8 Å². The first-order chi connectivity index (χ1) is 52.2. The minimum atomic E-state index is -1.13. The van der Waals surface area contributed by atoms with Crippen molar-refractivity contribution in [3.05, 3.63) is 61.1 Å². The van der Waals surface area contributed by atoms with Crippen molar-refractivity contribution in [2.45, 2.75) is 292 Å². The Labute approximate surface area is 651 Å².